The summed E-state index contributed by atoms with van der Waals surface area (Å²) in [6, 6.07) is 6.25. The summed E-state index contributed by atoms with van der Waals surface area (Å²) in [4.78, 5) is 4.62. The Balaban J connectivity index is 2.55. The Morgan fingerprint density at radius 1 is 1.40 bits per heavy atom. The van der Waals surface area contributed by atoms with Crippen LogP contribution in [0.5, 0.6) is 0 Å². The molecule has 0 amide bonds. The van der Waals surface area contributed by atoms with Gasteiger partial charge in [-0.15, -0.1) is 0 Å². The fraction of sp³-hybridized carbons (Fsp3) is 0.417. The zero-order chi connectivity index (χ0) is 10.8. The summed E-state index contributed by atoms with van der Waals surface area (Å²) >= 11 is 0. The normalized spacial score (nSPS) is 11.1. The molecular weight excluding hydrogens is 186 g/mol. The van der Waals surface area contributed by atoms with Gasteiger partial charge in [-0.2, -0.15) is 0 Å². The number of benzene rings is 1. The monoisotopic (exact) mass is 203 g/mol. The molecular formula is C12H17N3. The van der Waals surface area contributed by atoms with Crippen LogP contribution >= 0.6 is 0 Å². The molecule has 3 nitrogen and oxygen atoms in total. The molecule has 0 unspecified atom stereocenters. The number of aromatic nitrogens is 2. The molecule has 2 aromatic rings. The summed E-state index contributed by atoms with van der Waals surface area (Å²) in [5.74, 6) is 1.15. The number of rotatable bonds is 3. The molecule has 2 rings (SSSR count). The Morgan fingerprint density at radius 2 is 2.20 bits per heavy atom. The maximum Gasteiger partial charge on any atom is 0.109 e. The van der Waals surface area contributed by atoms with Gasteiger partial charge in [-0.05, 0) is 24.1 Å². The number of fused-ring (bicyclic) bond motifs is 1. The highest BCUT2D eigenvalue weighted by atomic mass is 15.1. The molecule has 0 atom stereocenters. The average molecular weight is 203 g/mol. The molecule has 80 valence electrons. The summed E-state index contributed by atoms with van der Waals surface area (Å²) < 4.78 is 2.17. The molecule has 0 saturated heterocycles. The van der Waals surface area contributed by atoms with Crippen LogP contribution in [0.25, 0.3) is 11.0 Å². The Kier molecular flexibility index (Phi) is 2.73. The van der Waals surface area contributed by atoms with Crippen molar-refractivity contribution in [1.82, 2.24) is 9.55 Å². The first kappa shape index (κ1) is 10.2. The minimum atomic E-state index is 0.579. The van der Waals surface area contributed by atoms with E-state index in [2.05, 4.69) is 41.7 Å². The highest BCUT2D eigenvalue weighted by Crippen LogP contribution is 2.17. The fourth-order valence-electron chi connectivity index (χ4n) is 1.87. The van der Waals surface area contributed by atoms with Gasteiger partial charge in [0.15, 0.2) is 0 Å². The lowest BCUT2D eigenvalue weighted by Crippen LogP contribution is -1.97. The molecule has 0 fully saturated rings. The van der Waals surface area contributed by atoms with E-state index < -0.39 is 0 Å². The van der Waals surface area contributed by atoms with Crippen molar-refractivity contribution in [2.24, 2.45) is 12.8 Å². The van der Waals surface area contributed by atoms with Gasteiger partial charge < -0.3 is 10.3 Å². The topological polar surface area (TPSA) is 43.8 Å². The van der Waals surface area contributed by atoms with E-state index in [1.165, 1.54) is 5.52 Å². The fourth-order valence-corrected chi connectivity index (χ4v) is 1.87. The van der Waals surface area contributed by atoms with Gasteiger partial charge in [0.25, 0.3) is 0 Å². The van der Waals surface area contributed by atoms with Crippen LogP contribution in [-0.2, 0) is 20.0 Å². The standard InChI is InChI=1S/C12H17N3/c1-3-4-12-14-10-7-9(8-13)5-6-11(10)15(12)2/h5-7H,3-4,8,13H2,1-2H3. The first-order valence-electron chi connectivity index (χ1n) is 5.40. The third-order valence-corrected chi connectivity index (χ3v) is 2.75. The van der Waals surface area contributed by atoms with Crippen LogP contribution in [-0.4, -0.2) is 9.55 Å². The Morgan fingerprint density at radius 3 is 2.87 bits per heavy atom. The lowest BCUT2D eigenvalue weighted by Gasteiger charge is -2.00. The maximum atomic E-state index is 5.61. The molecule has 0 radical (unpaired) electrons. The van der Waals surface area contributed by atoms with E-state index in [1.54, 1.807) is 0 Å². The number of nitrogens with two attached hydrogens (primary N) is 1. The van der Waals surface area contributed by atoms with E-state index in [4.69, 9.17) is 5.73 Å². The molecule has 1 aromatic heterocycles. The van der Waals surface area contributed by atoms with E-state index in [9.17, 15) is 0 Å². The first-order valence-corrected chi connectivity index (χ1v) is 5.40. The molecule has 3 heteroatoms. The van der Waals surface area contributed by atoms with Gasteiger partial charge in [0.05, 0.1) is 11.0 Å². The van der Waals surface area contributed by atoms with Gasteiger partial charge >= 0.3 is 0 Å². The SMILES string of the molecule is CCCc1nc2cc(CN)ccc2n1C. The molecule has 0 bridgehead atoms. The summed E-state index contributed by atoms with van der Waals surface area (Å²) in [5.41, 5.74) is 9.00. The smallest absolute Gasteiger partial charge is 0.109 e. The predicted octanol–water partition coefficient (Wildman–Crippen LogP) is 1.98. The lowest BCUT2D eigenvalue weighted by atomic mass is 10.2. The zero-order valence-electron chi connectivity index (χ0n) is 9.33. The number of aryl methyl sites for hydroxylation is 2. The van der Waals surface area contributed by atoms with Crippen molar-refractivity contribution in [1.29, 1.82) is 0 Å². The number of imidazole rings is 1. The average Bonchev–Trinajstić information content (AvgIpc) is 2.56. The molecule has 15 heavy (non-hydrogen) atoms. The van der Waals surface area contributed by atoms with Gasteiger partial charge in [0, 0.05) is 20.0 Å². The zero-order valence-corrected chi connectivity index (χ0v) is 9.33. The number of hydrogen-bond donors (Lipinski definition) is 1. The predicted molar refractivity (Wildman–Crippen MR) is 62.6 cm³/mol. The highest BCUT2D eigenvalue weighted by Gasteiger charge is 2.06. The van der Waals surface area contributed by atoms with Crippen LogP contribution in [0.1, 0.15) is 24.7 Å². The molecule has 1 heterocycles. The second-order valence-electron chi connectivity index (χ2n) is 3.86. The largest absolute Gasteiger partial charge is 0.331 e. The van der Waals surface area contributed by atoms with Crippen LogP contribution in [0.4, 0.5) is 0 Å². The van der Waals surface area contributed by atoms with Crippen LogP contribution < -0.4 is 5.73 Å². The highest BCUT2D eigenvalue weighted by molar-refractivity contribution is 5.76. The quantitative estimate of drug-likeness (QED) is 0.829. The van der Waals surface area contributed by atoms with E-state index in [0.717, 1.165) is 29.7 Å². The van der Waals surface area contributed by atoms with Crippen LogP contribution in [0, 0.1) is 0 Å². The Bertz CT molecular complexity index is 471. The summed E-state index contributed by atoms with van der Waals surface area (Å²) in [6.07, 6.45) is 2.16. The molecule has 0 aliphatic heterocycles. The number of nitrogens with zero attached hydrogens (tertiary/aromatic N) is 2. The first-order chi connectivity index (χ1) is 7.26. The van der Waals surface area contributed by atoms with Gasteiger partial charge in [-0.1, -0.05) is 13.0 Å². The molecule has 0 saturated carbocycles. The van der Waals surface area contributed by atoms with Crippen molar-refractivity contribution < 1.29 is 0 Å². The van der Waals surface area contributed by atoms with Crippen molar-refractivity contribution in [2.75, 3.05) is 0 Å². The van der Waals surface area contributed by atoms with Crippen molar-refractivity contribution >= 4 is 11.0 Å². The summed E-state index contributed by atoms with van der Waals surface area (Å²) in [7, 11) is 2.07. The van der Waals surface area contributed by atoms with Gasteiger partial charge in [0.1, 0.15) is 5.82 Å². The Hall–Kier alpha value is -1.35. The third kappa shape index (κ3) is 1.75. The lowest BCUT2D eigenvalue weighted by molar-refractivity contribution is 0.773. The second-order valence-corrected chi connectivity index (χ2v) is 3.86. The molecule has 1 aromatic carbocycles. The van der Waals surface area contributed by atoms with Crippen LogP contribution in [0.2, 0.25) is 0 Å². The molecule has 2 N–H and O–H groups in total. The van der Waals surface area contributed by atoms with Gasteiger partial charge in [0.2, 0.25) is 0 Å². The van der Waals surface area contributed by atoms with Crippen molar-refractivity contribution in [3.63, 3.8) is 0 Å². The van der Waals surface area contributed by atoms with Crippen molar-refractivity contribution in [2.45, 2.75) is 26.3 Å². The molecule has 0 aliphatic carbocycles. The summed E-state index contributed by atoms with van der Waals surface area (Å²) in [5, 5.41) is 0. The minimum Gasteiger partial charge on any atom is -0.331 e. The minimum absolute atomic E-state index is 0.579. The van der Waals surface area contributed by atoms with Gasteiger partial charge in [-0.3, -0.25) is 0 Å². The molecule has 0 spiro atoms. The van der Waals surface area contributed by atoms with Crippen LogP contribution in [0.15, 0.2) is 18.2 Å². The van der Waals surface area contributed by atoms with E-state index in [0.29, 0.717) is 6.54 Å². The second kappa shape index (κ2) is 4.03. The van der Waals surface area contributed by atoms with E-state index in [-0.39, 0.29) is 0 Å². The van der Waals surface area contributed by atoms with Crippen molar-refractivity contribution in [3.8, 4) is 0 Å². The van der Waals surface area contributed by atoms with Gasteiger partial charge in [-0.25, -0.2) is 4.98 Å². The summed E-state index contributed by atoms with van der Waals surface area (Å²) in [6.45, 7) is 2.75. The van der Waals surface area contributed by atoms with E-state index in [1.807, 2.05) is 0 Å². The van der Waals surface area contributed by atoms with E-state index >= 15 is 0 Å². The van der Waals surface area contributed by atoms with Crippen molar-refractivity contribution in [3.05, 3.63) is 29.6 Å². The number of hydrogen-bond acceptors (Lipinski definition) is 2. The third-order valence-electron chi connectivity index (χ3n) is 2.75. The maximum absolute atomic E-state index is 5.61. The Labute approximate surface area is 89.9 Å². The molecule has 0 aliphatic rings. The van der Waals surface area contributed by atoms with Crippen LogP contribution in [0.3, 0.4) is 0 Å².